The molecule has 0 heterocycles. The van der Waals surface area contributed by atoms with Gasteiger partial charge in [-0.2, -0.15) is 0 Å². The number of carbonyl (C=O) groups is 1. The number of rotatable bonds is 4. The van der Waals surface area contributed by atoms with E-state index in [1.165, 1.54) is 25.7 Å². The van der Waals surface area contributed by atoms with Crippen LogP contribution in [-0.4, -0.2) is 16.9 Å². The van der Waals surface area contributed by atoms with Gasteiger partial charge in [0, 0.05) is 6.04 Å². The molecule has 0 aromatic carbocycles. The first kappa shape index (κ1) is 13.4. The van der Waals surface area contributed by atoms with E-state index in [9.17, 15) is 4.79 Å². The average Bonchev–Trinajstić information content (AvgIpc) is 2.69. The van der Waals surface area contributed by atoms with Crippen LogP contribution in [0.3, 0.4) is 0 Å². The molecular formula is C12H22N2OS. The summed E-state index contributed by atoms with van der Waals surface area (Å²) in [6.07, 6.45) is 5.00. The summed E-state index contributed by atoms with van der Waals surface area (Å²) in [5, 5.41) is 3.04. The fraction of sp³-hybridized carbons (Fsp3) is 0.833. The molecular weight excluding hydrogens is 220 g/mol. The van der Waals surface area contributed by atoms with E-state index in [0.717, 1.165) is 0 Å². The lowest BCUT2D eigenvalue weighted by Crippen LogP contribution is -2.49. The minimum Gasteiger partial charge on any atom is -0.392 e. The molecule has 0 saturated heterocycles. The molecule has 0 aromatic heterocycles. The van der Waals surface area contributed by atoms with Crippen molar-refractivity contribution in [2.24, 2.45) is 17.1 Å². The molecule has 1 fully saturated rings. The summed E-state index contributed by atoms with van der Waals surface area (Å²) in [7, 11) is 0. The Labute approximate surface area is 103 Å². The Kier molecular flexibility index (Phi) is 4.30. The Bertz CT molecular complexity index is 283. The van der Waals surface area contributed by atoms with Crippen LogP contribution in [0.15, 0.2) is 0 Å². The zero-order valence-corrected chi connectivity index (χ0v) is 11.2. The third-order valence-corrected chi connectivity index (χ3v) is 4.16. The van der Waals surface area contributed by atoms with Gasteiger partial charge in [-0.05, 0) is 39.5 Å². The molecule has 0 bridgehead atoms. The van der Waals surface area contributed by atoms with Crippen LogP contribution in [0.5, 0.6) is 0 Å². The Morgan fingerprint density at radius 2 is 1.94 bits per heavy atom. The summed E-state index contributed by atoms with van der Waals surface area (Å²) in [5.74, 6) is 0.561. The van der Waals surface area contributed by atoms with E-state index >= 15 is 0 Å². The minimum absolute atomic E-state index is 0.0561. The number of hydrogen-bond donors (Lipinski definition) is 2. The van der Waals surface area contributed by atoms with Gasteiger partial charge in [0.15, 0.2) is 0 Å². The Morgan fingerprint density at radius 3 is 2.38 bits per heavy atom. The highest BCUT2D eigenvalue weighted by Gasteiger charge is 2.33. The molecule has 0 aliphatic heterocycles. The maximum absolute atomic E-state index is 12.0. The van der Waals surface area contributed by atoms with Gasteiger partial charge < -0.3 is 11.1 Å². The standard InChI is InChI=1S/C12H22N2OS/c1-8(9-6-4-5-7-9)14-11(15)12(2,3)10(13)16/h8-9H,4-7H2,1-3H3,(H2,13,16)(H,14,15). The zero-order chi connectivity index (χ0) is 12.3. The summed E-state index contributed by atoms with van der Waals surface area (Å²) < 4.78 is 0. The molecule has 3 nitrogen and oxygen atoms in total. The van der Waals surface area contributed by atoms with Gasteiger partial charge in [-0.1, -0.05) is 25.1 Å². The average molecular weight is 242 g/mol. The van der Waals surface area contributed by atoms with E-state index in [1.807, 2.05) is 0 Å². The molecule has 1 atom stereocenters. The third-order valence-electron chi connectivity index (χ3n) is 3.65. The van der Waals surface area contributed by atoms with Crippen molar-refractivity contribution >= 4 is 23.1 Å². The van der Waals surface area contributed by atoms with Crippen molar-refractivity contribution in [3.05, 3.63) is 0 Å². The van der Waals surface area contributed by atoms with Crippen LogP contribution in [-0.2, 0) is 4.79 Å². The van der Waals surface area contributed by atoms with Gasteiger partial charge in [0.2, 0.25) is 5.91 Å². The molecule has 0 aromatic rings. The van der Waals surface area contributed by atoms with E-state index in [0.29, 0.717) is 5.92 Å². The summed E-state index contributed by atoms with van der Waals surface area (Å²) in [6, 6.07) is 0.226. The molecule has 1 aliphatic rings. The van der Waals surface area contributed by atoms with Crippen molar-refractivity contribution in [1.82, 2.24) is 5.32 Å². The van der Waals surface area contributed by atoms with Gasteiger partial charge in [0.1, 0.15) is 0 Å². The second kappa shape index (κ2) is 5.13. The van der Waals surface area contributed by atoms with Gasteiger partial charge in [-0.25, -0.2) is 0 Å². The number of nitrogens with two attached hydrogens (primary N) is 1. The number of carbonyl (C=O) groups excluding carboxylic acids is 1. The monoisotopic (exact) mass is 242 g/mol. The van der Waals surface area contributed by atoms with Crippen molar-refractivity contribution in [1.29, 1.82) is 0 Å². The smallest absolute Gasteiger partial charge is 0.232 e. The molecule has 1 unspecified atom stereocenters. The number of thiocarbonyl (C=S) groups is 1. The topological polar surface area (TPSA) is 55.1 Å². The quantitative estimate of drug-likeness (QED) is 0.741. The largest absolute Gasteiger partial charge is 0.392 e. The maximum Gasteiger partial charge on any atom is 0.232 e. The minimum atomic E-state index is -0.748. The fourth-order valence-electron chi connectivity index (χ4n) is 2.07. The third kappa shape index (κ3) is 2.94. The van der Waals surface area contributed by atoms with E-state index < -0.39 is 5.41 Å². The number of amides is 1. The van der Waals surface area contributed by atoms with E-state index in [2.05, 4.69) is 12.2 Å². The summed E-state index contributed by atoms with van der Waals surface area (Å²) in [4.78, 5) is 12.2. The highest BCUT2D eigenvalue weighted by molar-refractivity contribution is 7.80. The van der Waals surface area contributed by atoms with Crippen molar-refractivity contribution in [3.63, 3.8) is 0 Å². The van der Waals surface area contributed by atoms with Crippen LogP contribution >= 0.6 is 12.2 Å². The van der Waals surface area contributed by atoms with Gasteiger partial charge >= 0.3 is 0 Å². The molecule has 1 amide bonds. The summed E-state index contributed by atoms with van der Waals surface area (Å²) in [6.45, 7) is 5.61. The van der Waals surface area contributed by atoms with Crippen LogP contribution in [0.25, 0.3) is 0 Å². The molecule has 0 spiro atoms. The first-order valence-electron chi connectivity index (χ1n) is 5.96. The molecule has 0 radical (unpaired) electrons. The normalized spacial score (nSPS) is 19.4. The van der Waals surface area contributed by atoms with Crippen molar-refractivity contribution in [2.75, 3.05) is 0 Å². The first-order chi connectivity index (χ1) is 7.35. The lowest BCUT2D eigenvalue weighted by Gasteiger charge is -2.27. The van der Waals surface area contributed by atoms with E-state index in [1.54, 1.807) is 13.8 Å². The molecule has 3 N–H and O–H groups in total. The van der Waals surface area contributed by atoms with Gasteiger partial charge in [-0.15, -0.1) is 0 Å². The van der Waals surface area contributed by atoms with Crippen LogP contribution in [0, 0.1) is 11.3 Å². The maximum atomic E-state index is 12.0. The van der Waals surface area contributed by atoms with Gasteiger partial charge in [0.05, 0.1) is 10.4 Å². The van der Waals surface area contributed by atoms with Crippen LogP contribution in [0.1, 0.15) is 46.5 Å². The second-order valence-electron chi connectivity index (χ2n) is 5.30. The Hall–Kier alpha value is -0.640. The van der Waals surface area contributed by atoms with E-state index in [4.69, 9.17) is 18.0 Å². The summed E-state index contributed by atoms with van der Waals surface area (Å²) in [5.41, 5.74) is 4.82. The fourth-order valence-corrected chi connectivity index (χ4v) is 2.17. The number of hydrogen-bond acceptors (Lipinski definition) is 2. The molecule has 1 rings (SSSR count). The predicted molar refractivity (Wildman–Crippen MR) is 70.1 cm³/mol. The molecule has 4 heteroatoms. The summed E-state index contributed by atoms with van der Waals surface area (Å²) >= 11 is 4.91. The lowest BCUT2D eigenvalue weighted by molar-refractivity contribution is -0.127. The number of nitrogens with one attached hydrogen (secondary N) is 1. The molecule has 1 aliphatic carbocycles. The van der Waals surface area contributed by atoms with Crippen LogP contribution in [0.2, 0.25) is 0 Å². The molecule has 1 saturated carbocycles. The first-order valence-corrected chi connectivity index (χ1v) is 6.37. The Balaban J connectivity index is 2.53. The lowest BCUT2D eigenvalue weighted by atomic mass is 9.90. The second-order valence-corrected chi connectivity index (χ2v) is 5.74. The zero-order valence-electron chi connectivity index (χ0n) is 10.4. The predicted octanol–water partition coefficient (Wildman–Crippen LogP) is 1.99. The highest BCUT2D eigenvalue weighted by Crippen LogP contribution is 2.28. The highest BCUT2D eigenvalue weighted by atomic mass is 32.1. The van der Waals surface area contributed by atoms with Crippen LogP contribution in [0.4, 0.5) is 0 Å². The van der Waals surface area contributed by atoms with Crippen molar-refractivity contribution in [3.8, 4) is 0 Å². The SMILES string of the molecule is CC(NC(=O)C(C)(C)C(N)=S)C1CCCC1. The van der Waals surface area contributed by atoms with Crippen LogP contribution < -0.4 is 11.1 Å². The van der Waals surface area contributed by atoms with Gasteiger partial charge in [-0.3, -0.25) is 4.79 Å². The van der Waals surface area contributed by atoms with E-state index in [-0.39, 0.29) is 16.9 Å². The molecule has 92 valence electrons. The Morgan fingerprint density at radius 1 is 1.44 bits per heavy atom. The van der Waals surface area contributed by atoms with Gasteiger partial charge in [0.25, 0.3) is 0 Å². The molecule has 16 heavy (non-hydrogen) atoms. The van der Waals surface area contributed by atoms with Crippen molar-refractivity contribution < 1.29 is 4.79 Å². The van der Waals surface area contributed by atoms with Crippen molar-refractivity contribution in [2.45, 2.75) is 52.5 Å².